The Hall–Kier alpha value is -1.27. The second-order valence-electron chi connectivity index (χ2n) is 7.45. The smallest absolute Gasteiger partial charge is 0.216 e. The normalized spacial score (nSPS) is 22.7. The lowest BCUT2D eigenvalue weighted by Crippen LogP contribution is -2.46. The van der Waals surface area contributed by atoms with Crippen molar-refractivity contribution < 1.29 is 8.42 Å². The first-order valence-electron chi connectivity index (χ1n) is 8.29. The van der Waals surface area contributed by atoms with Gasteiger partial charge in [0.15, 0.2) is 0 Å². The van der Waals surface area contributed by atoms with E-state index in [2.05, 4.69) is 10.0 Å². The molecule has 0 aromatic heterocycles. The summed E-state index contributed by atoms with van der Waals surface area (Å²) >= 11 is 0. The highest BCUT2D eigenvalue weighted by atomic mass is 32.2. The number of nitrogens with one attached hydrogen (secondary N) is 2. The first-order valence-corrected chi connectivity index (χ1v) is 9.77. The van der Waals surface area contributed by atoms with Gasteiger partial charge >= 0.3 is 0 Å². The Bertz CT molecular complexity index is 598. The highest BCUT2D eigenvalue weighted by Crippen LogP contribution is 2.26. The van der Waals surface area contributed by atoms with Crippen LogP contribution in [-0.4, -0.2) is 25.8 Å². The van der Waals surface area contributed by atoms with E-state index in [0.29, 0.717) is 5.92 Å². The topological polar surface area (TPSA) is 84.2 Å². The van der Waals surface area contributed by atoms with Gasteiger partial charge in [-0.3, -0.25) is 0 Å². The molecule has 0 heterocycles. The molecule has 6 heteroatoms. The van der Waals surface area contributed by atoms with Gasteiger partial charge in [-0.05, 0) is 76.6 Å². The summed E-state index contributed by atoms with van der Waals surface area (Å²) in [5.74, 6) is 0.586. The van der Waals surface area contributed by atoms with E-state index in [1.54, 1.807) is 20.8 Å². The van der Waals surface area contributed by atoms with Crippen LogP contribution in [-0.2, 0) is 10.0 Å². The lowest BCUT2D eigenvalue weighted by molar-refractivity contribution is 0.322. The van der Waals surface area contributed by atoms with Gasteiger partial charge in [-0.25, -0.2) is 13.1 Å². The first kappa shape index (κ1) is 18.1. The monoisotopic (exact) mass is 339 g/mol. The molecule has 1 aliphatic rings. The second-order valence-corrected chi connectivity index (χ2v) is 9.92. The zero-order chi connectivity index (χ0) is 17.1. The van der Waals surface area contributed by atoms with Crippen LogP contribution in [0.25, 0.3) is 0 Å². The van der Waals surface area contributed by atoms with Gasteiger partial charge in [0.2, 0.25) is 10.0 Å². The second kappa shape index (κ2) is 7.09. The molecule has 1 aromatic rings. The predicted molar refractivity (Wildman–Crippen MR) is 96.9 cm³/mol. The Morgan fingerprint density at radius 1 is 1.09 bits per heavy atom. The summed E-state index contributed by atoms with van der Waals surface area (Å²) in [6, 6.07) is 7.82. The molecule has 0 aliphatic heterocycles. The quantitative estimate of drug-likeness (QED) is 0.720. The van der Waals surface area contributed by atoms with Crippen molar-refractivity contribution in [1.82, 2.24) is 4.72 Å². The molecule has 1 aliphatic carbocycles. The van der Waals surface area contributed by atoms with Gasteiger partial charge in [0.1, 0.15) is 0 Å². The van der Waals surface area contributed by atoms with Crippen LogP contribution < -0.4 is 15.8 Å². The Labute approximate surface area is 140 Å². The molecule has 0 atom stereocenters. The number of hydrogen-bond acceptors (Lipinski definition) is 4. The molecule has 4 N–H and O–H groups in total. The molecule has 130 valence electrons. The highest BCUT2D eigenvalue weighted by Gasteiger charge is 2.32. The lowest BCUT2D eigenvalue weighted by atomic mass is 9.86. The van der Waals surface area contributed by atoms with E-state index in [1.165, 1.54) is 0 Å². The SMILES string of the molecule is CC(C)(C)S(=O)(=O)N[C@H]1CC[C@H](CNc2ccc(N)cc2)CC1. The van der Waals surface area contributed by atoms with E-state index in [1.807, 2.05) is 24.3 Å². The van der Waals surface area contributed by atoms with Crippen LogP contribution in [0.3, 0.4) is 0 Å². The fourth-order valence-electron chi connectivity index (χ4n) is 2.74. The summed E-state index contributed by atoms with van der Waals surface area (Å²) in [4.78, 5) is 0. The number of hydrogen-bond donors (Lipinski definition) is 3. The van der Waals surface area contributed by atoms with Crippen molar-refractivity contribution in [3.05, 3.63) is 24.3 Å². The van der Waals surface area contributed by atoms with Crippen LogP contribution in [0.1, 0.15) is 46.5 Å². The van der Waals surface area contributed by atoms with Gasteiger partial charge < -0.3 is 11.1 Å². The largest absolute Gasteiger partial charge is 0.399 e. The fourth-order valence-corrected chi connectivity index (χ4v) is 3.77. The number of nitrogen functional groups attached to an aromatic ring is 1. The Kier molecular flexibility index (Phi) is 5.57. The van der Waals surface area contributed by atoms with Crippen LogP contribution in [0, 0.1) is 5.92 Å². The molecule has 5 nitrogen and oxygen atoms in total. The predicted octanol–water partition coefficient (Wildman–Crippen LogP) is 2.96. The molecule has 0 amide bonds. The van der Waals surface area contributed by atoms with Crippen LogP contribution in [0.5, 0.6) is 0 Å². The van der Waals surface area contributed by atoms with Gasteiger partial charge in [0, 0.05) is 24.0 Å². The first-order chi connectivity index (χ1) is 10.7. The van der Waals surface area contributed by atoms with Crippen LogP contribution >= 0.6 is 0 Å². The maximum absolute atomic E-state index is 12.2. The number of anilines is 2. The summed E-state index contributed by atoms with van der Waals surface area (Å²) in [5.41, 5.74) is 7.52. The average molecular weight is 340 g/mol. The van der Waals surface area contributed by atoms with E-state index in [-0.39, 0.29) is 6.04 Å². The van der Waals surface area contributed by atoms with Crippen molar-refractivity contribution in [2.75, 3.05) is 17.6 Å². The third-order valence-corrected chi connectivity index (χ3v) is 6.74. The third kappa shape index (κ3) is 5.11. The molecule has 1 aromatic carbocycles. The Balaban J connectivity index is 1.77. The fraction of sp³-hybridized carbons (Fsp3) is 0.647. The zero-order valence-corrected chi connectivity index (χ0v) is 15.1. The highest BCUT2D eigenvalue weighted by molar-refractivity contribution is 7.90. The van der Waals surface area contributed by atoms with Crippen LogP contribution in [0.4, 0.5) is 11.4 Å². The number of rotatable bonds is 5. The van der Waals surface area contributed by atoms with Crippen molar-refractivity contribution in [2.45, 2.75) is 57.2 Å². The summed E-state index contributed by atoms with van der Waals surface area (Å²) in [7, 11) is -3.25. The zero-order valence-electron chi connectivity index (χ0n) is 14.3. The van der Waals surface area contributed by atoms with E-state index in [0.717, 1.165) is 43.6 Å². The van der Waals surface area contributed by atoms with Crippen molar-refractivity contribution in [3.8, 4) is 0 Å². The van der Waals surface area contributed by atoms with Crippen molar-refractivity contribution in [2.24, 2.45) is 5.92 Å². The van der Waals surface area contributed by atoms with Gasteiger partial charge in [-0.1, -0.05) is 0 Å². The maximum Gasteiger partial charge on any atom is 0.216 e. The minimum Gasteiger partial charge on any atom is -0.399 e. The van der Waals surface area contributed by atoms with Crippen LogP contribution in [0.15, 0.2) is 24.3 Å². The molecule has 0 saturated heterocycles. The molecule has 0 unspecified atom stereocenters. The van der Waals surface area contributed by atoms with Gasteiger partial charge in [0.25, 0.3) is 0 Å². The van der Waals surface area contributed by atoms with E-state index >= 15 is 0 Å². The standard InChI is InChI=1S/C17H29N3O2S/c1-17(2,3)23(21,22)20-16-8-4-13(5-9-16)12-19-15-10-6-14(18)7-11-15/h6-7,10-11,13,16,19-20H,4-5,8-9,12,18H2,1-3H3/t13-,16-. The molecular formula is C17H29N3O2S. The maximum atomic E-state index is 12.2. The summed E-state index contributed by atoms with van der Waals surface area (Å²) in [6.07, 6.45) is 3.89. The Morgan fingerprint density at radius 3 is 2.17 bits per heavy atom. The summed E-state index contributed by atoms with van der Waals surface area (Å²) in [6.45, 7) is 6.12. The van der Waals surface area contributed by atoms with E-state index in [4.69, 9.17) is 5.73 Å². The molecule has 1 fully saturated rings. The van der Waals surface area contributed by atoms with Gasteiger partial charge in [-0.2, -0.15) is 0 Å². The van der Waals surface area contributed by atoms with Crippen molar-refractivity contribution in [3.63, 3.8) is 0 Å². The van der Waals surface area contributed by atoms with Crippen molar-refractivity contribution >= 4 is 21.4 Å². The minimum atomic E-state index is -3.25. The van der Waals surface area contributed by atoms with Gasteiger partial charge in [0.05, 0.1) is 4.75 Å². The van der Waals surface area contributed by atoms with E-state index < -0.39 is 14.8 Å². The van der Waals surface area contributed by atoms with Gasteiger partial charge in [-0.15, -0.1) is 0 Å². The Morgan fingerprint density at radius 2 is 1.65 bits per heavy atom. The number of sulfonamides is 1. The summed E-state index contributed by atoms with van der Waals surface area (Å²) < 4.78 is 26.5. The minimum absolute atomic E-state index is 0.0759. The summed E-state index contributed by atoms with van der Waals surface area (Å²) in [5, 5.41) is 3.43. The number of nitrogens with two attached hydrogens (primary N) is 1. The van der Waals surface area contributed by atoms with E-state index in [9.17, 15) is 8.42 Å². The molecule has 0 bridgehead atoms. The molecular weight excluding hydrogens is 310 g/mol. The molecule has 0 spiro atoms. The molecule has 0 radical (unpaired) electrons. The van der Waals surface area contributed by atoms with Crippen molar-refractivity contribution in [1.29, 1.82) is 0 Å². The number of benzene rings is 1. The molecule has 1 saturated carbocycles. The molecule has 2 rings (SSSR count). The third-order valence-electron chi connectivity index (χ3n) is 4.48. The van der Waals surface area contributed by atoms with Crippen LogP contribution in [0.2, 0.25) is 0 Å². The average Bonchev–Trinajstić information content (AvgIpc) is 2.47. The molecule has 23 heavy (non-hydrogen) atoms. The lowest BCUT2D eigenvalue weighted by Gasteiger charge is -2.31.